The van der Waals surface area contributed by atoms with Crippen molar-refractivity contribution in [3.63, 3.8) is 0 Å². The lowest BCUT2D eigenvalue weighted by molar-refractivity contribution is -0.136. The molecule has 30 heavy (non-hydrogen) atoms. The third-order valence-corrected chi connectivity index (χ3v) is 7.29. The largest absolute Gasteiger partial charge is 0.484 e. The van der Waals surface area contributed by atoms with E-state index in [-0.39, 0.29) is 35.5 Å². The molecule has 1 fully saturated rings. The molecule has 2 aromatic carbocycles. The van der Waals surface area contributed by atoms with Gasteiger partial charge in [-0.3, -0.25) is 4.79 Å². The van der Waals surface area contributed by atoms with Crippen LogP contribution in [0.15, 0.2) is 48.5 Å². The van der Waals surface area contributed by atoms with E-state index in [1.165, 1.54) is 5.56 Å². The topological polar surface area (TPSA) is 63.7 Å². The summed E-state index contributed by atoms with van der Waals surface area (Å²) < 4.78 is 29.6. The number of amides is 1. The van der Waals surface area contributed by atoms with Gasteiger partial charge in [0.2, 0.25) is 0 Å². The highest BCUT2D eigenvalue weighted by atomic mass is 35.5. The Labute approximate surface area is 183 Å². The molecule has 5 nitrogen and oxygen atoms in total. The standard InChI is InChI=1S/C23H28ClNO4S/c1-23(2,3)18-9-7-17(8-10-18)14-25(20-11-12-30(27,28)16-20)22(26)15-29-21-6-4-5-19(24)13-21/h4-10,13,20H,11-12,14-16H2,1-3H3. The van der Waals surface area contributed by atoms with Gasteiger partial charge in [-0.2, -0.15) is 0 Å². The second-order valence-corrected chi connectivity index (χ2v) is 11.4. The van der Waals surface area contributed by atoms with Gasteiger partial charge in [-0.1, -0.05) is 62.7 Å². The van der Waals surface area contributed by atoms with Crippen molar-refractivity contribution in [2.75, 3.05) is 18.1 Å². The minimum atomic E-state index is -3.12. The van der Waals surface area contributed by atoms with E-state index in [2.05, 4.69) is 32.9 Å². The number of hydrogen-bond acceptors (Lipinski definition) is 4. The summed E-state index contributed by atoms with van der Waals surface area (Å²) in [5.74, 6) is 0.372. The number of benzene rings is 2. The first-order chi connectivity index (χ1) is 14.0. The second-order valence-electron chi connectivity index (χ2n) is 8.77. The second kappa shape index (κ2) is 8.98. The number of carbonyl (C=O) groups is 1. The normalized spacial score (nSPS) is 18.2. The average molecular weight is 450 g/mol. The van der Waals surface area contributed by atoms with E-state index in [1.54, 1.807) is 29.2 Å². The van der Waals surface area contributed by atoms with Crippen LogP contribution >= 0.6 is 11.6 Å². The first kappa shape index (κ1) is 22.6. The van der Waals surface area contributed by atoms with Gasteiger partial charge < -0.3 is 9.64 Å². The van der Waals surface area contributed by atoms with E-state index in [0.717, 1.165) is 5.56 Å². The Balaban J connectivity index is 1.75. The van der Waals surface area contributed by atoms with E-state index >= 15 is 0 Å². The summed E-state index contributed by atoms with van der Waals surface area (Å²) >= 11 is 5.97. The minimum absolute atomic E-state index is 0.00399. The molecular weight excluding hydrogens is 422 g/mol. The van der Waals surface area contributed by atoms with Crippen LogP contribution in [0.25, 0.3) is 0 Å². The Morgan fingerprint density at radius 3 is 2.43 bits per heavy atom. The third-order valence-electron chi connectivity index (χ3n) is 5.30. The van der Waals surface area contributed by atoms with Crippen molar-refractivity contribution in [1.29, 1.82) is 0 Å². The maximum atomic E-state index is 13.0. The van der Waals surface area contributed by atoms with Crippen LogP contribution in [0.2, 0.25) is 5.02 Å². The van der Waals surface area contributed by atoms with Crippen LogP contribution in [0.1, 0.15) is 38.3 Å². The molecule has 1 aliphatic rings. The summed E-state index contributed by atoms with van der Waals surface area (Å²) in [7, 11) is -3.12. The summed E-state index contributed by atoms with van der Waals surface area (Å²) in [4.78, 5) is 14.6. The van der Waals surface area contributed by atoms with Crippen molar-refractivity contribution >= 4 is 27.3 Å². The molecule has 1 unspecified atom stereocenters. The molecule has 1 heterocycles. The summed E-state index contributed by atoms with van der Waals surface area (Å²) in [6.45, 7) is 6.62. The quantitative estimate of drug-likeness (QED) is 0.661. The third kappa shape index (κ3) is 5.99. The highest BCUT2D eigenvalue weighted by Crippen LogP contribution is 2.25. The molecule has 162 valence electrons. The van der Waals surface area contributed by atoms with Crippen LogP contribution in [-0.4, -0.2) is 43.4 Å². The summed E-state index contributed by atoms with van der Waals surface area (Å²) in [6.07, 6.45) is 0.450. The number of ether oxygens (including phenoxy) is 1. The first-order valence-electron chi connectivity index (χ1n) is 10.0. The predicted octanol–water partition coefficient (Wildman–Crippen LogP) is 4.23. The van der Waals surface area contributed by atoms with Gasteiger partial charge in [0, 0.05) is 17.6 Å². The molecule has 0 aromatic heterocycles. The molecule has 1 saturated heterocycles. The van der Waals surface area contributed by atoms with Gasteiger partial charge in [0.15, 0.2) is 16.4 Å². The molecule has 1 amide bonds. The summed E-state index contributed by atoms with van der Waals surface area (Å²) in [5, 5.41) is 0.526. The molecule has 2 aromatic rings. The monoisotopic (exact) mass is 449 g/mol. The fourth-order valence-corrected chi connectivity index (χ4v) is 5.44. The van der Waals surface area contributed by atoms with E-state index in [1.807, 2.05) is 12.1 Å². The Morgan fingerprint density at radius 1 is 1.17 bits per heavy atom. The van der Waals surface area contributed by atoms with Crippen molar-refractivity contribution in [2.45, 2.75) is 45.2 Å². The van der Waals surface area contributed by atoms with Crippen molar-refractivity contribution in [3.8, 4) is 5.75 Å². The van der Waals surface area contributed by atoms with E-state index in [0.29, 0.717) is 23.7 Å². The Bertz CT molecular complexity index is 997. The van der Waals surface area contributed by atoms with Gasteiger partial charge in [0.1, 0.15) is 5.75 Å². The minimum Gasteiger partial charge on any atom is -0.484 e. The molecule has 0 aliphatic carbocycles. The lowest BCUT2D eigenvalue weighted by Gasteiger charge is -2.29. The number of hydrogen-bond donors (Lipinski definition) is 0. The molecule has 0 bridgehead atoms. The van der Waals surface area contributed by atoms with Crippen LogP contribution in [-0.2, 0) is 26.6 Å². The van der Waals surface area contributed by atoms with Crippen LogP contribution in [0.4, 0.5) is 0 Å². The van der Waals surface area contributed by atoms with Gasteiger partial charge in [-0.15, -0.1) is 0 Å². The first-order valence-corrected chi connectivity index (χ1v) is 12.2. The number of nitrogens with zero attached hydrogens (tertiary/aromatic N) is 1. The molecule has 0 N–H and O–H groups in total. The van der Waals surface area contributed by atoms with Crippen LogP contribution in [0.3, 0.4) is 0 Å². The zero-order valence-electron chi connectivity index (χ0n) is 17.6. The van der Waals surface area contributed by atoms with Crippen molar-refractivity contribution in [3.05, 3.63) is 64.7 Å². The molecule has 3 rings (SSSR count). The molecule has 1 aliphatic heterocycles. The zero-order valence-corrected chi connectivity index (χ0v) is 19.2. The van der Waals surface area contributed by atoms with Gasteiger partial charge >= 0.3 is 0 Å². The zero-order chi connectivity index (χ0) is 21.9. The smallest absolute Gasteiger partial charge is 0.261 e. The van der Waals surface area contributed by atoms with E-state index in [9.17, 15) is 13.2 Å². The molecule has 7 heteroatoms. The molecule has 0 radical (unpaired) electrons. The molecule has 0 spiro atoms. The predicted molar refractivity (Wildman–Crippen MR) is 120 cm³/mol. The van der Waals surface area contributed by atoms with Crippen LogP contribution in [0.5, 0.6) is 5.75 Å². The molecular formula is C23H28ClNO4S. The number of carbonyl (C=O) groups excluding carboxylic acids is 1. The fraction of sp³-hybridized carbons (Fsp3) is 0.435. The number of halogens is 1. The van der Waals surface area contributed by atoms with Crippen molar-refractivity contribution in [1.82, 2.24) is 4.90 Å². The van der Waals surface area contributed by atoms with E-state index < -0.39 is 9.84 Å². The van der Waals surface area contributed by atoms with Gasteiger partial charge in [0.25, 0.3) is 5.91 Å². The van der Waals surface area contributed by atoms with Crippen molar-refractivity contribution < 1.29 is 17.9 Å². The Morgan fingerprint density at radius 2 is 1.87 bits per heavy atom. The highest BCUT2D eigenvalue weighted by Gasteiger charge is 2.34. The Kier molecular flexibility index (Phi) is 6.78. The average Bonchev–Trinajstić information content (AvgIpc) is 3.03. The number of sulfone groups is 1. The van der Waals surface area contributed by atoms with Crippen LogP contribution < -0.4 is 4.74 Å². The van der Waals surface area contributed by atoms with Gasteiger partial charge in [-0.05, 0) is 41.2 Å². The lowest BCUT2D eigenvalue weighted by Crippen LogP contribution is -2.43. The maximum Gasteiger partial charge on any atom is 0.261 e. The maximum absolute atomic E-state index is 13.0. The highest BCUT2D eigenvalue weighted by molar-refractivity contribution is 7.91. The van der Waals surface area contributed by atoms with Gasteiger partial charge in [0.05, 0.1) is 11.5 Å². The summed E-state index contributed by atoms with van der Waals surface area (Å²) in [6, 6.07) is 14.6. The van der Waals surface area contributed by atoms with Gasteiger partial charge in [-0.25, -0.2) is 8.42 Å². The summed E-state index contributed by atoms with van der Waals surface area (Å²) in [5.41, 5.74) is 2.21. The molecule has 1 atom stereocenters. The lowest BCUT2D eigenvalue weighted by atomic mass is 9.86. The fourth-order valence-electron chi connectivity index (χ4n) is 3.53. The molecule has 0 saturated carbocycles. The SMILES string of the molecule is CC(C)(C)c1ccc(CN(C(=O)COc2cccc(Cl)c2)C2CCS(=O)(=O)C2)cc1. The number of rotatable bonds is 6. The van der Waals surface area contributed by atoms with Crippen LogP contribution in [0, 0.1) is 0 Å². The Hall–Kier alpha value is -2.05. The van der Waals surface area contributed by atoms with Crippen molar-refractivity contribution in [2.24, 2.45) is 0 Å². The van der Waals surface area contributed by atoms with E-state index in [4.69, 9.17) is 16.3 Å².